The third kappa shape index (κ3) is 3.74. The van der Waals surface area contributed by atoms with E-state index in [0.29, 0.717) is 0 Å². The van der Waals surface area contributed by atoms with Gasteiger partial charge >= 0.3 is 164 Å². The number of nitrogens with zero attached hydrogens (tertiary/aromatic N) is 1. The van der Waals surface area contributed by atoms with Crippen LogP contribution in [-0.4, -0.2) is 18.3 Å². The molecule has 132 valence electrons. The Morgan fingerprint density at radius 2 is 1.11 bits per heavy atom. The van der Waals surface area contributed by atoms with E-state index in [1.807, 2.05) is 12.3 Å². The Labute approximate surface area is 164 Å². The second-order valence-electron chi connectivity index (χ2n) is 7.36. The molecule has 0 N–H and O–H groups in total. The fraction of sp³-hybridized carbons (Fsp3) is 0.0800. The molecule has 4 aromatic rings. The molecule has 27 heavy (non-hydrogen) atoms. The standard InChI is InChI=1S/C25H23GeN/c1-26(2,23-11-7-4-8-12-23)24-17-18-27-25(19-24)22-15-13-21(14-16-22)20-9-5-3-6-10-20/h3-19H,1-2H3. The minimum atomic E-state index is -2.30. The van der Waals surface area contributed by atoms with Gasteiger partial charge in [0.25, 0.3) is 0 Å². The van der Waals surface area contributed by atoms with Crippen LogP contribution in [0, 0.1) is 0 Å². The molecule has 0 spiro atoms. The number of benzene rings is 3. The monoisotopic (exact) mass is 411 g/mol. The van der Waals surface area contributed by atoms with Crippen molar-refractivity contribution in [3.05, 3.63) is 103 Å². The van der Waals surface area contributed by atoms with Crippen molar-refractivity contribution in [1.29, 1.82) is 0 Å². The van der Waals surface area contributed by atoms with E-state index in [4.69, 9.17) is 0 Å². The SMILES string of the molecule is [CH3][Ge]([CH3])([c]1ccccc1)[c]1ccnc(-c2ccc(-c3ccccc3)cc2)c1. The molecule has 0 bridgehead atoms. The molecule has 0 radical (unpaired) electrons. The van der Waals surface area contributed by atoms with Crippen LogP contribution in [0.5, 0.6) is 0 Å². The summed E-state index contributed by atoms with van der Waals surface area (Å²) in [7, 11) is 0. The normalized spacial score (nSPS) is 11.3. The van der Waals surface area contributed by atoms with E-state index in [9.17, 15) is 0 Å². The molecule has 0 atom stereocenters. The Hall–Kier alpha value is -2.65. The molecule has 4 rings (SSSR count). The molecule has 0 aliphatic carbocycles. The van der Waals surface area contributed by atoms with E-state index >= 15 is 0 Å². The molecule has 0 aliphatic rings. The van der Waals surface area contributed by atoms with Crippen molar-refractivity contribution >= 4 is 22.1 Å². The third-order valence-electron chi connectivity index (χ3n) is 5.26. The van der Waals surface area contributed by atoms with E-state index in [1.54, 1.807) is 0 Å². The van der Waals surface area contributed by atoms with E-state index in [2.05, 4.69) is 107 Å². The van der Waals surface area contributed by atoms with E-state index in [0.717, 1.165) is 5.69 Å². The summed E-state index contributed by atoms with van der Waals surface area (Å²) < 4.78 is 2.95. The molecule has 0 fully saturated rings. The van der Waals surface area contributed by atoms with Gasteiger partial charge in [-0.1, -0.05) is 0 Å². The van der Waals surface area contributed by atoms with Gasteiger partial charge in [-0.15, -0.1) is 0 Å². The van der Waals surface area contributed by atoms with Gasteiger partial charge in [-0.25, -0.2) is 0 Å². The third-order valence-corrected chi connectivity index (χ3v) is 12.7. The van der Waals surface area contributed by atoms with Gasteiger partial charge in [0, 0.05) is 0 Å². The van der Waals surface area contributed by atoms with Gasteiger partial charge in [-0.05, 0) is 0 Å². The minimum absolute atomic E-state index is 1.06. The summed E-state index contributed by atoms with van der Waals surface area (Å²) in [5.41, 5.74) is 4.70. The van der Waals surface area contributed by atoms with Gasteiger partial charge in [0.2, 0.25) is 0 Å². The van der Waals surface area contributed by atoms with Crippen molar-refractivity contribution in [1.82, 2.24) is 4.98 Å². The van der Waals surface area contributed by atoms with Crippen LogP contribution in [-0.2, 0) is 0 Å². The van der Waals surface area contributed by atoms with E-state index in [1.165, 1.54) is 25.5 Å². The summed E-state index contributed by atoms with van der Waals surface area (Å²) in [6, 6.07) is 34.6. The Morgan fingerprint density at radius 1 is 0.556 bits per heavy atom. The summed E-state index contributed by atoms with van der Waals surface area (Å²) in [4.78, 5) is 4.65. The fourth-order valence-corrected chi connectivity index (χ4v) is 8.39. The quantitative estimate of drug-likeness (QED) is 0.420. The van der Waals surface area contributed by atoms with Crippen LogP contribution in [0.2, 0.25) is 11.5 Å². The number of hydrogen-bond acceptors (Lipinski definition) is 1. The Bertz CT molecular complexity index is 1020. The average molecular weight is 410 g/mol. The molecule has 0 amide bonds. The van der Waals surface area contributed by atoms with Crippen LogP contribution >= 0.6 is 0 Å². The Balaban J connectivity index is 1.67. The first-order chi connectivity index (χ1) is 13.1. The zero-order valence-corrected chi connectivity index (χ0v) is 17.9. The van der Waals surface area contributed by atoms with Crippen LogP contribution in [0.3, 0.4) is 0 Å². The molecule has 0 unspecified atom stereocenters. The van der Waals surface area contributed by atoms with Crippen LogP contribution in [0.15, 0.2) is 103 Å². The topological polar surface area (TPSA) is 12.9 Å². The van der Waals surface area contributed by atoms with Crippen LogP contribution in [0.1, 0.15) is 0 Å². The molecular weight excluding hydrogens is 387 g/mol. The molecule has 0 saturated carbocycles. The van der Waals surface area contributed by atoms with Crippen LogP contribution in [0.25, 0.3) is 22.4 Å². The summed E-state index contributed by atoms with van der Waals surface area (Å²) in [5.74, 6) is 4.90. The molecule has 1 nitrogen and oxygen atoms in total. The van der Waals surface area contributed by atoms with Gasteiger partial charge in [-0.2, -0.15) is 0 Å². The van der Waals surface area contributed by atoms with Crippen molar-refractivity contribution in [2.24, 2.45) is 0 Å². The van der Waals surface area contributed by atoms with E-state index < -0.39 is 13.3 Å². The van der Waals surface area contributed by atoms with Crippen molar-refractivity contribution < 1.29 is 0 Å². The second kappa shape index (κ2) is 7.53. The molecule has 0 saturated heterocycles. The Kier molecular flexibility index (Phi) is 4.95. The molecule has 0 aliphatic heterocycles. The number of aromatic nitrogens is 1. The number of hydrogen-bond donors (Lipinski definition) is 0. The number of pyridine rings is 1. The van der Waals surface area contributed by atoms with Gasteiger partial charge in [-0.3, -0.25) is 0 Å². The number of rotatable bonds is 4. The Morgan fingerprint density at radius 3 is 1.78 bits per heavy atom. The summed E-state index contributed by atoms with van der Waals surface area (Å²) in [6.07, 6.45) is 1.96. The summed E-state index contributed by atoms with van der Waals surface area (Å²) in [5, 5.41) is 0. The van der Waals surface area contributed by atoms with Crippen molar-refractivity contribution in [2.45, 2.75) is 11.5 Å². The predicted molar refractivity (Wildman–Crippen MR) is 118 cm³/mol. The summed E-state index contributed by atoms with van der Waals surface area (Å²) >= 11 is -2.30. The fourth-order valence-electron chi connectivity index (χ4n) is 3.46. The van der Waals surface area contributed by atoms with Crippen molar-refractivity contribution in [3.63, 3.8) is 0 Å². The molecule has 2 heteroatoms. The van der Waals surface area contributed by atoms with Gasteiger partial charge < -0.3 is 0 Å². The van der Waals surface area contributed by atoms with Gasteiger partial charge in [0.1, 0.15) is 0 Å². The maximum atomic E-state index is 4.65. The maximum absolute atomic E-state index is 4.65. The molecular formula is C25H23GeN. The van der Waals surface area contributed by atoms with E-state index in [-0.39, 0.29) is 0 Å². The first-order valence-corrected chi connectivity index (χ1v) is 15.6. The second-order valence-corrected chi connectivity index (χ2v) is 16.6. The molecule has 3 aromatic carbocycles. The zero-order valence-electron chi connectivity index (χ0n) is 15.8. The summed E-state index contributed by atoms with van der Waals surface area (Å²) in [6.45, 7) is 0. The van der Waals surface area contributed by atoms with Crippen molar-refractivity contribution in [2.75, 3.05) is 0 Å². The first-order valence-electron chi connectivity index (χ1n) is 9.32. The van der Waals surface area contributed by atoms with Gasteiger partial charge in [0.05, 0.1) is 0 Å². The average Bonchev–Trinajstić information content (AvgIpc) is 2.75. The predicted octanol–water partition coefficient (Wildman–Crippen LogP) is 5.24. The van der Waals surface area contributed by atoms with Crippen LogP contribution in [0.4, 0.5) is 0 Å². The molecule has 1 aromatic heterocycles. The zero-order chi connectivity index (χ0) is 18.7. The van der Waals surface area contributed by atoms with Gasteiger partial charge in [0.15, 0.2) is 0 Å². The molecule has 1 heterocycles. The first kappa shape index (κ1) is 17.8. The van der Waals surface area contributed by atoms with Crippen LogP contribution < -0.4 is 8.79 Å². The van der Waals surface area contributed by atoms with Crippen molar-refractivity contribution in [3.8, 4) is 22.4 Å².